The molecule has 3 aromatic rings. The molecule has 0 saturated carbocycles. The molecule has 4 nitrogen and oxygen atoms in total. The van der Waals surface area contributed by atoms with Crippen molar-refractivity contribution in [2.45, 2.75) is 6.54 Å². The molecule has 6 heteroatoms. The number of nitrogens with zero attached hydrogens (tertiary/aromatic N) is 3. The standard InChI is InChI=1S/C12H9N3OS2/c16-11-4-1-5-13-15(11)7-9-8-18-12(14-9)10-3-2-6-17-10/h1-6,8H,7H2. The summed E-state index contributed by atoms with van der Waals surface area (Å²) in [6.07, 6.45) is 1.61. The number of rotatable bonds is 3. The fourth-order valence-corrected chi connectivity index (χ4v) is 3.18. The third-order valence-corrected chi connectivity index (χ3v) is 4.31. The molecule has 18 heavy (non-hydrogen) atoms. The third kappa shape index (κ3) is 2.25. The molecule has 90 valence electrons. The molecule has 0 aliphatic heterocycles. The van der Waals surface area contributed by atoms with E-state index in [1.807, 2.05) is 22.9 Å². The molecule has 3 rings (SSSR count). The molecule has 0 unspecified atom stereocenters. The second-order valence-corrected chi connectivity index (χ2v) is 5.45. The van der Waals surface area contributed by atoms with Crippen LogP contribution in [0.5, 0.6) is 0 Å². The topological polar surface area (TPSA) is 47.8 Å². The highest BCUT2D eigenvalue weighted by molar-refractivity contribution is 7.20. The molecule has 0 radical (unpaired) electrons. The zero-order chi connectivity index (χ0) is 12.4. The van der Waals surface area contributed by atoms with Crippen molar-refractivity contribution in [2.24, 2.45) is 0 Å². The first-order valence-corrected chi connectivity index (χ1v) is 7.09. The van der Waals surface area contributed by atoms with Crippen LogP contribution in [-0.4, -0.2) is 14.8 Å². The van der Waals surface area contributed by atoms with Gasteiger partial charge in [-0.15, -0.1) is 22.7 Å². The summed E-state index contributed by atoms with van der Waals surface area (Å²) in [6.45, 7) is 0.418. The van der Waals surface area contributed by atoms with Gasteiger partial charge in [0.05, 0.1) is 17.1 Å². The minimum atomic E-state index is -0.108. The van der Waals surface area contributed by atoms with Crippen molar-refractivity contribution in [2.75, 3.05) is 0 Å². The Hall–Kier alpha value is -1.79. The Labute approximate surface area is 111 Å². The van der Waals surface area contributed by atoms with Gasteiger partial charge in [0.2, 0.25) is 0 Å². The van der Waals surface area contributed by atoms with Crippen LogP contribution in [0.2, 0.25) is 0 Å². The highest BCUT2D eigenvalue weighted by Crippen LogP contribution is 2.27. The molecule has 0 atom stereocenters. The fourth-order valence-electron chi connectivity index (χ4n) is 1.55. The first-order valence-electron chi connectivity index (χ1n) is 5.33. The average molecular weight is 275 g/mol. The first-order chi connectivity index (χ1) is 8.83. The zero-order valence-corrected chi connectivity index (χ0v) is 10.9. The second kappa shape index (κ2) is 4.83. The van der Waals surface area contributed by atoms with Crippen molar-refractivity contribution in [3.8, 4) is 9.88 Å². The van der Waals surface area contributed by atoms with Gasteiger partial charge in [0.25, 0.3) is 5.56 Å². The summed E-state index contributed by atoms with van der Waals surface area (Å²) in [4.78, 5) is 17.2. The van der Waals surface area contributed by atoms with Crippen molar-refractivity contribution >= 4 is 22.7 Å². The smallest absolute Gasteiger partial charge is 0.267 e. The van der Waals surface area contributed by atoms with E-state index in [9.17, 15) is 4.79 Å². The quantitative estimate of drug-likeness (QED) is 0.738. The third-order valence-electron chi connectivity index (χ3n) is 2.38. The maximum absolute atomic E-state index is 11.5. The van der Waals surface area contributed by atoms with Gasteiger partial charge in [-0.25, -0.2) is 9.67 Å². The summed E-state index contributed by atoms with van der Waals surface area (Å²) in [5.74, 6) is 0. The molecule has 0 aromatic carbocycles. The molecule has 0 fully saturated rings. The SMILES string of the molecule is O=c1cccnn1Cc1csc(-c2cccs2)n1. The average Bonchev–Trinajstić information content (AvgIpc) is 3.02. The van der Waals surface area contributed by atoms with E-state index in [2.05, 4.69) is 10.1 Å². The Bertz CT molecular complexity index is 700. The van der Waals surface area contributed by atoms with Gasteiger partial charge in [-0.3, -0.25) is 4.79 Å². The van der Waals surface area contributed by atoms with Gasteiger partial charge in [-0.2, -0.15) is 5.10 Å². The van der Waals surface area contributed by atoms with Gasteiger partial charge in [0.15, 0.2) is 0 Å². The largest absolute Gasteiger partial charge is 0.268 e. The molecular weight excluding hydrogens is 266 g/mol. The van der Waals surface area contributed by atoms with Crippen LogP contribution in [0.3, 0.4) is 0 Å². The van der Waals surface area contributed by atoms with Gasteiger partial charge >= 0.3 is 0 Å². The van der Waals surface area contributed by atoms with Crippen molar-refractivity contribution in [3.63, 3.8) is 0 Å². The Kier molecular flexibility index (Phi) is 3.04. The number of aromatic nitrogens is 3. The predicted molar refractivity (Wildman–Crippen MR) is 73.0 cm³/mol. The number of thiazole rings is 1. The van der Waals surface area contributed by atoms with Crippen LogP contribution in [0.25, 0.3) is 9.88 Å². The van der Waals surface area contributed by atoms with E-state index in [1.54, 1.807) is 34.9 Å². The van der Waals surface area contributed by atoms with Gasteiger partial charge in [-0.1, -0.05) is 6.07 Å². The van der Waals surface area contributed by atoms with E-state index < -0.39 is 0 Å². The van der Waals surface area contributed by atoms with E-state index in [4.69, 9.17) is 0 Å². The minimum absolute atomic E-state index is 0.108. The lowest BCUT2D eigenvalue weighted by molar-refractivity contribution is 0.630. The van der Waals surface area contributed by atoms with E-state index >= 15 is 0 Å². The summed E-state index contributed by atoms with van der Waals surface area (Å²) in [5.41, 5.74) is 0.757. The first kappa shape index (κ1) is 11.3. The molecule has 3 heterocycles. The van der Waals surface area contributed by atoms with Crippen LogP contribution in [0, 0.1) is 0 Å². The van der Waals surface area contributed by atoms with Crippen LogP contribution in [-0.2, 0) is 6.54 Å². The van der Waals surface area contributed by atoms with Gasteiger partial charge < -0.3 is 0 Å². The van der Waals surface area contributed by atoms with Crippen molar-refractivity contribution in [3.05, 3.63) is 57.3 Å². The Morgan fingerprint density at radius 3 is 2.94 bits per heavy atom. The Morgan fingerprint density at radius 1 is 1.22 bits per heavy atom. The summed E-state index contributed by atoms with van der Waals surface area (Å²) < 4.78 is 1.41. The molecule has 3 aromatic heterocycles. The molecule has 0 amide bonds. The van der Waals surface area contributed by atoms with E-state index in [0.29, 0.717) is 6.54 Å². The summed E-state index contributed by atoms with van der Waals surface area (Å²) >= 11 is 3.25. The lowest BCUT2D eigenvalue weighted by Gasteiger charge is -1.99. The van der Waals surface area contributed by atoms with Crippen molar-refractivity contribution < 1.29 is 0 Å². The lowest BCUT2D eigenvalue weighted by atomic mass is 10.4. The maximum atomic E-state index is 11.5. The van der Waals surface area contributed by atoms with E-state index in [-0.39, 0.29) is 5.56 Å². The van der Waals surface area contributed by atoms with Crippen molar-refractivity contribution in [1.82, 2.24) is 14.8 Å². The monoisotopic (exact) mass is 275 g/mol. The Morgan fingerprint density at radius 2 is 2.17 bits per heavy atom. The van der Waals surface area contributed by atoms with Gasteiger partial charge in [0, 0.05) is 17.6 Å². The van der Waals surface area contributed by atoms with E-state index in [0.717, 1.165) is 15.6 Å². The summed E-state index contributed by atoms with van der Waals surface area (Å²) in [7, 11) is 0. The highest BCUT2D eigenvalue weighted by atomic mass is 32.1. The normalized spacial score (nSPS) is 10.7. The number of hydrogen-bond acceptors (Lipinski definition) is 5. The molecule has 0 bridgehead atoms. The number of thiophene rings is 1. The van der Waals surface area contributed by atoms with Crippen LogP contribution in [0.15, 0.2) is 46.0 Å². The predicted octanol–water partition coefficient (Wildman–Crippen LogP) is 2.48. The molecular formula is C12H9N3OS2. The highest BCUT2D eigenvalue weighted by Gasteiger charge is 2.06. The van der Waals surface area contributed by atoms with Crippen LogP contribution in [0.4, 0.5) is 0 Å². The molecule has 0 N–H and O–H groups in total. The molecule has 0 saturated heterocycles. The molecule has 0 aliphatic rings. The summed E-state index contributed by atoms with van der Waals surface area (Å²) in [5, 5.41) is 9.00. The number of hydrogen-bond donors (Lipinski definition) is 0. The van der Waals surface area contributed by atoms with Crippen LogP contribution < -0.4 is 5.56 Å². The van der Waals surface area contributed by atoms with Crippen molar-refractivity contribution in [1.29, 1.82) is 0 Å². The van der Waals surface area contributed by atoms with Gasteiger partial charge in [0.1, 0.15) is 5.01 Å². The lowest BCUT2D eigenvalue weighted by Crippen LogP contribution is -2.21. The van der Waals surface area contributed by atoms with Crippen LogP contribution >= 0.6 is 22.7 Å². The van der Waals surface area contributed by atoms with E-state index in [1.165, 1.54) is 10.7 Å². The van der Waals surface area contributed by atoms with Gasteiger partial charge in [-0.05, 0) is 17.5 Å². The molecule has 0 spiro atoms. The fraction of sp³-hybridized carbons (Fsp3) is 0.0833. The Balaban J connectivity index is 1.87. The minimum Gasteiger partial charge on any atom is -0.268 e. The molecule has 0 aliphatic carbocycles. The second-order valence-electron chi connectivity index (χ2n) is 3.64. The maximum Gasteiger partial charge on any atom is 0.267 e. The summed E-state index contributed by atoms with van der Waals surface area (Å²) in [6, 6.07) is 7.18. The zero-order valence-electron chi connectivity index (χ0n) is 9.31. The van der Waals surface area contributed by atoms with Crippen LogP contribution in [0.1, 0.15) is 5.69 Å².